The second-order valence-electron chi connectivity index (χ2n) is 6.18. The first-order valence-electron chi connectivity index (χ1n) is 6.23. The molecule has 19 heavy (non-hydrogen) atoms. The van der Waals surface area contributed by atoms with E-state index >= 15 is 0 Å². The van der Waals surface area contributed by atoms with Gasteiger partial charge >= 0.3 is 0 Å². The largest absolute Gasteiger partial charge is 0.247 e. The predicted molar refractivity (Wildman–Crippen MR) is 81.2 cm³/mol. The van der Waals surface area contributed by atoms with Gasteiger partial charge in [-0.2, -0.15) is 0 Å². The summed E-state index contributed by atoms with van der Waals surface area (Å²) in [5, 5.41) is -0.138. The van der Waals surface area contributed by atoms with Gasteiger partial charge in [-0.1, -0.05) is 40.8 Å². The molecule has 3 nitrogen and oxygen atoms in total. The molecular formula is C12H22FNO2S2Si. The van der Waals surface area contributed by atoms with Crippen LogP contribution in [0.1, 0.15) is 32.6 Å². The molecule has 0 aliphatic heterocycles. The molecule has 0 aromatic carbocycles. The van der Waals surface area contributed by atoms with Crippen molar-refractivity contribution in [2.45, 2.75) is 56.5 Å². The van der Waals surface area contributed by atoms with Gasteiger partial charge in [0, 0.05) is 4.88 Å². The van der Waals surface area contributed by atoms with Gasteiger partial charge in [0.05, 0.1) is 0 Å². The van der Waals surface area contributed by atoms with Gasteiger partial charge in [-0.25, -0.2) is 17.2 Å². The predicted octanol–water partition coefficient (Wildman–Crippen LogP) is 3.73. The zero-order valence-electron chi connectivity index (χ0n) is 12.3. The molecule has 0 saturated heterocycles. The Morgan fingerprint density at radius 3 is 2.26 bits per heavy atom. The lowest BCUT2D eigenvalue weighted by molar-refractivity contribution is 0.571. The first-order valence-corrected chi connectivity index (χ1v) is 11.5. The Balaban J connectivity index is 3.15. The van der Waals surface area contributed by atoms with E-state index in [0.29, 0.717) is 6.42 Å². The van der Waals surface area contributed by atoms with Crippen LogP contribution < -0.4 is 4.39 Å². The zero-order valence-corrected chi connectivity index (χ0v) is 14.9. The van der Waals surface area contributed by atoms with Crippen molar-refractivity contribution in [1.82, 2.24) is 4.39 Å². The molecule has 1 N–H and O–H groups in total. The second-order valence-corrected chi connectivity index (χ2v) is 14.6. The first-order chi connectivity index (χ1) is 8.40. The summed E-state index contributed by atoms with van der Waals surface area (Å²) >= 11 is 1.01. The highest BCUT2D eigenvalue weighted by molar-refractivity contribution is 7.93. The van der Waals surface area contributed by atoms with E-state index in [9.17, 15) is 12.8 Å². The van der Waals surface area contributed by atoms with Crippen LogP contribution in [0, 0.1) is 5.82 Å². The fourth-order valence-corrected chi connectivity index (χ4v) is 7.73. The highest BCUT2D eigenvalue weighted by Crippen LogP contribution is 2.36. The Kier molecular flexibility index (Phi) is 4.66. The SMILES string of the molecule is CCc1cc(F)c(S(=O)(=O)N[Si](C)(C)C(C)(C)C)s1. The van der Waals surface area contributed by atoms with Gasteiger partial charge in [0.2, 0.25) is 10.0 Å². The molecule has 110 valence electrons. The van der Waals surface area contributed by atoms with Gasteiger partial charge in [0.1, 0.15) is 8.24 Å². The van der Waals surface area contributed by atoms with E-state index in [1.54, 1.807) is 0 Å². The van der Waals surface area contributed by atoms with Crippen LogP contribution in [0.3, 0.4) is 0 Å². The topological polar surface area (TPSA) is 46.2 Å². The van der Waals surface area contributed by atoms with Crippen LogP contribution in [-0.2, 0) is 16.4 Å². The lowest BCUT2D eigenvalue weighted by atomic mass is 10.2. The van der Waals surface area contributed by atoms with Crippen molar-refractivity contribution in [1.29, 1.82) is 0 Å². The molecule has 1 rings (SSSR count). The monoisotopic (exact) mass is 323 g/mol. The minimum absolute atomic E-state index is 0.138. The molecule has 7 heteroatoms. The molecule has 0 amide bonds. The quantitative estimate of drug-likeness (QED) is 0.858. The Morgan fingerprint density at radius 2 is 1.89 bits per heavy atom. The summed E-state index contributed by atoms with van der Waals surface area (Å²) in [7, 11) is -6.01. The van der Waals surface area contributed by atoms with Gasteiger partial charge in [-0.15, -0.1) is 11.3 Å². The van der Waals surface area contributed by atoms with E-state index in [-0.39, 0.29) is 9.25 Å². The Labute approximate surface area is 120 Å². The van der Waals surface area contributed by atoms with Crippen LogP contribution in [0.15, 0.2) is 10.3 Å². The third-order valence-corrected chi connectivity index (χ3v) is 13.1. The van der Waals surface area contributed by atoms with Crippen LogP contribution in [0.2, 0.25) is 18.1 Å². The molecule has 0 saturated carbocycles. The van der Waals surface area contributed by atoms with Crippen LogP contribution in [0.4, 0.5) is 4.39 Å². The molecule has 0 atom stereocenters. The van der Waals surface area contributed by atoms with Gasteiger partial charge < -0.3 is 0 Å². The summed E-state index contributed by atoms with van der Waals surface area (Å²) in [6.07, 6.45) is 0.636. The standard InChI is InChI=1S/C12H22FNO2S2Si/c1-7-9-8-10(13)11(17-9)18(15,16)14-19(5,6)12(2,3)4/h8,14H,7H2,1-6H3. The number of hydrogen-bond acceptors (Lipinski definition) is 3. The molecular weight excluding hydrogens is 301 g/mol. The average Bonchev–Trinajstić information content (AvgIpc) is 2.57. The molecule has 1 aromatic rings. The van der Waals surface area contributed by atoms with Crippen molar-refractivity contribution in [2.24, 2.45) is 0 Å². The molecule has 1 heterocycles. The van der Waals surface area contributed by atoms with E-state index in [4.69, 9.17) is 0 Å². The minimum atomic E-state index is -3.77. The Morgan fingerprint density at radius 1 is 1.37 bits per heavy atom. The number of halogens is 1. The smallest absolute Gasteiger partial charge is 0.232 e. The Bertz CT molecular complexity index is 559. The number of thiophene rings is 1. The summed E-state index contributed by atoms with van der Waals surface area (Å²) in [6.45, 7) is 11.8. The van der Waals surface area contributed by atoms with E-state index in [1.807, 2.05) is 40.8 Å². The van der Waals surface area contributed by atoms with Gasteiger partial charge in [0.15, 0.2) is 10.0 Å². The number of rotatable bonds is 4. The van der Waals surface area contributed by atoms with Crippen molar-refractivity contribution in [3.05, 3.63) is 16.8 Å². The fraction of sp³-hybridized carbons (Fsp3) is 0.667. The highest BCUT2D eigenvalue weighted by atomic mass is 32.2. The zero-order chi connectivity index (χ0) is 15.1. The first kappa shape index (κ1) is 16.8. The molecule has 0 unspecified atom stereocenters. The van der Waals surface area contributed by atoms with Crippen LogP contribution in [-0.4, -0.2) is 16.7 Å². The van der Waals surface area contributed by atoms with Crippen LogP contribution in [0.25, 0.3) is 0 Å². The van der Waals surface area contributed by atoms with Gasteiger partial charge in [0.25, 0.3) is 0 Å². The average molecular weight is 324 g/mol. The number of hydrogen-bond donors (Lipinski definition) is 1. The van der Waals surface area contributed by atoms with E-state index in [1.165, 1.54) is 6.07 Å². The van der Waals surface area contributed by atoms with Crippen molar-refractivity contribution in [3.8, 4) is 0 Å². The summed E-state index contributed by atoms with van der Waals surface area (Å²) in [4.78, 5) is 0.744. The molecule has 1 aromatic heterocycles. The maximum Gasteiger partial charge on any atom is 0.247 e. The third kappa shape index (κ3) is 3.65. The van der Waals surface area contributed by atoms with E-state index in [2.05, 4.69) is 4.39 Å². The number of sulfonamides is 1. The molecule has 0 fully saturated rings. The van der Waals surface area contributed by atoms with Crippen molar-refractivity contribution < 1.29 is 12.8 Å². The molecule has 0 aliphatic rings. The highest BCUT2D eigenvalue weighted by Gasteiger charge is 2.40. The molecule has 0 radical (unpaired) electrons. The lowest BCUT2D eigenvalue weighted by Gasteiger charge is -2.36. The fourth-order valence-electron chi connectivity index (χ4n) is 1.29. The van der Waals surface area contributed by atoms with Crippen molar-refractivity contribution in [2.75, 3.05) is 0 Å². The van der Waals surface area contributed by atoms with Crippen molar-refractivity contribution >= 4 is 29.6 Å². The molecule has 0 spiro atoms. The molecule has 0 aliphatic carbocycles. The third-order valence-electron chi connectivity index (χ3n) is 3.56. The normalized spacial score (nSPS) is 13.8. The van der Waals surface area contributed by atoms with Crippen LogP contribution in [0.5, 0.6) is 0 Å². The van der Waals surface area contributed by atoms with Crippen LogP contribution >= 0.6 is 11.3 Å². The summed E-state index contributed by atoms with van der Waals surface area (Å²) < 4.78 is 41.0. The van der Waals surface area contributed by atoms with E-state index in [0.717, 1.165) is 16.2 Å². The summed E-state index contributed by atoms with van der Waals surface area (Å²) in [5.41, 5.74) is 0. The summed E-state index contributed by atoms with van der Waals surface area (Å²) in [5.74, 6) is -0.645. The number of aryl methyl sites for hydroxylation is 1. The maximum absolute atomic E-state index is 13.8. The number of nitrogens with one attached hydrogen (secondary N) is 1. The van der Waals surface area contributed by atoms with Crippen molar-refractivity contribution in [3.63, 3.8) is 0 Å². The second kappa shape index (κ2) is 5.27. The molecule has 0 bridgehead atoms. The van der Waals surface area contributed by atoms with Gasteiger partial charge in [-0.3, -0.25) is 0 Å². The Hall–Kier alpha value is -0.243. The van der Waals surface area contributed by atoms with E-state index < -0.39 is 24.1 Å². The minimum Gasteiger partial charge on any atom is -0.232 e. The lowest BCUT2D eigenvalue weighted by Crippen LogP contribution is -2.54. The maximum atomic E-state index is 13.8. The van der Waals surface area contributed by atoms with Gasteiger partial charge in [-0.05, 0) is 17.5 Å². The summed E-state index contributed by atoms with van der Waals surface area (Å²) in [6, 6.07) is 1.31.